The summed E-state index contributed by atoms with van der Waals surface area (Å²) < 4.78 is 11.3. The smallest absolute Gasteiger partial charge is 0.277 e. The van der Waals surface area contributed by atoms with Crippen molar-refractivity contribution < 1.29 is 18.9 Å². The first-order valence-corrected chi connectivity index (χ1v) is 10.0. The number of benzene rings is 3. The summed E-state index contributed by atoms with van der Waals surface area (Å²) >= 11 is 0. The number of nitrogens with one attached hydrogen (secondary N) is 1. The highest BCUT2D eigenvalue weighted by Crippen LogP contribution is 2.29. The molecule has 0 atom stereocenters. The largest absolute Gasteiger partial charge is 0.483 e. The molecule has 3 aromatic carbocycles. The van der Waals surface area contributed by atoms with Crippen LogP contribution in [0.1, 0.15) is 5.76 Å². The number of hydrazone groups is 1. The lowest BCUT2D eigenvalue weighted by Gasteiger charge is -2.10. The van der Waals surface area contributed by atoms with Crippen LogP contribution in [-0.4, -0.2) is 23.7 Å². The van der Waals surface area contributed by atoms with E-state index in [1.54, 1.807) is 30.3 Å². The van der Waals surface area contributed by atoms with Gasteiger partial charge in [-0.15, -0.1) is 0 Å². The Bertz CT molecular complexity index is 1280. The molecule has 33 heavy (non-hydrogen) atoms. The Labute approximate surface area is 189 Å². The van der Waals surface area contributed by atoms with E-state index >= 15 is 0 Å². The normalized spacial score (nSPS) is 10.8. The van der Waals surface area contributed by atoms with E-state index < -0.39 is 10.8 Å². The van der Waals surface area contributed by atoms with E-state index in [0.717, 1.165) is 11.1 Å². The Morgan fingerprint density at radius 1 is 0.939 bits per heavy atom. The first-order chi connectivity index (χ1) is 16.1. The van der Waals surface area contributed by atoms with Gasteiger partial charge in [-0.1, -0.05) is 48.5 Å². The number of amides is 1. The molecule has 1 amide bonds. The van der Waals surface area contributed by atoms with Crippen LogP contribution in [0.5, 0.6) is 5.75 Å². The maximum Gasteiger partial charge on any atom is 0.277 e. The first-order valence-electron chi connectivity index (χ1n) is 10.0. The number of rotatable bonds is 8. The molecule has 0 saturated carbocycles. The van der Waals surface area contributed by atoms with Crippen molar-refractivity contribution in [3.63, 3.8) is 0 Å². The highest BCUT2D eigenvalue weighted by molar-refractivity contribution is 5.82. The number of non-ortho nitro benzene ring substituents is 1. The van der Waals surface area contributed by atoms with Gasteiger partial charge in [0.25, 0.3) is 11.6 Å². The summed E-state index contributed by atoms with van der Waals surface area (Å²) in [5.41, 5.74) is 4.98. The van der Waals surface area contributed by atoms with Gasteiger partial charge in [-0.25, -0.2) is 5.43 Å². The fourth-order valence-electron chi connectivity index (χ4n) is 3.12. The van der Waals surface area contributed by atoms with Gasteiger partial charge in [-0.05, 0) is 35.9 Å². The van der Waals surface area contributed by atoms with Crippen molar-refractivity contribution in [3.8, 4) is 28.2 Å². The van der Waals surface area contributed by atoms with Gasteiger partial charge >= 0.3 is 0 Å². The summed E-state index contributed by atoms with van der Waals surface area (Å²) in [6.07, 6.45) is 1.37. The first kappa shape index (κ1) is 21.5. The number of carbonyl (C=O) groups is 1. The molecule has 1 heterocycles. The highest BCUT2D eigenvalue weighted by Gasteiger charge is 2.09. The molecule has 0 bridgehead atoms. The second kappa shape index (κ2) is 10.1. The van der Waals surface area contributed by atoms with E-state index in [-0.39, 0.29) is 12.3 Å². The molecule has 0 spiro atoms. The lowest BCUT2D eigenvalue weighted by atomic mass is 10.1. The maximum absolute atomic E-state index is 12.1. The molecule has 0 aliphatic rings. The van der Waals surface area contributed by atoms with Gasteiger partial charge in [0.1, 0.15) is 17.3 Å². The van der Waals surface area contributed by atoms with Crippen molar-refractivity contribution in [2.24, 2.45) is 5.10 Å². The lowest BCUT2D eigenvalue weighted by molar-refractivity contribution is -0.384. The summed E-state index contributed by atoms with van der Waals surface area (Å²) in [4.78, 5) is 22.4. The average Bonchev–Trinajstić information content (AvgIpc) is 3.32. The van der Waals surface area contributed by atoms with Crippen LogP contribution in [-0.2, 0) is 4.79 Å². The van der Waals surface area contributed by atoms with Crippen molar-refractivity contribution in [3.05, 3.63) is 107 Å². The molecule has 8 heteroatoms. The molecule has 0 aliphatic heterocycles. The Morgan fingerprint density at radius 3 is 2.42 bits per heavy atom. The Kier molecular flexibility index (Phi) is 6.56. The van der Waals surface area contributed by atoms with Crippen LogP contribution in [0.2, 0.25) is 0 Å². The molecule has 0 unspecified atom stereocenters. The summed E-state index contributed by atoms with van der Waals surface area (Å²) in [6, 6.07) is 26.7. The van der Waals surface area contributed by atoms with Crippen LogP contribution < -0.4 is 10.2 Å². The minimum absolute atomic E-state index is 0.00316. The molecular weight excluding hydrogens is 422 g/mol. The topological polar surface area (TPSA) is 107 Å². The van der Waals surface area contributed by atoms with E-state index in [1.807, 2.05) is 48.5 Å². The standard InChI is InChI=1S/C25H19N3O5/c29-25(17-32-24-9-5-4-8-22(24)18-6-2-1-3-7-18)27-26-16-21-14-15-23(33-21)19-10-12-20(13-11-19)28(30)31/h1-16H,17H2,(H,27,29)/b26-16-. The third-order valence-electron chi connectivity index (χ3n) is 4.70. The fraction of sp³-hybridized carbons (Fsp3) is 0.0400. The minimum Gasteiger partial charge on any atom is -0.483 e. The van der Waals surface area contributed by atoms with Crippen LogP contribution in [0, 0.1) is 10.1 Å². The molecule has 0 aliphatic carbocycles. The maximum atomic E-state index is 12.1. The van der Waals surface area contributed by atoms with Crippen LogP contribution in [0.25, 0.3) is 22.5 Å². The molecule has 4 aromatic rings. The Hall–Kier alpha value is -4.72. The van der Waals surface area contributed by atoms with Gasteiger partial charge in [-0.2, -0.15) is 5.10 Å². The molecular formula is C25H19N3O5. The van der Waals surface area contributed by atoms with Crippen molar-refractivity contribution in [1.29, 1.82) is 0 Å². The van der Waals surface area contributed by atoms with E-state index in [1.165, 1.54) is 18.3 Å². The molecule has 0 saturated heterocycles. The molecule has 1 N–H and O–H groups in total. The zero-order chi connectivity index (χ0) is 23.0. The highest BCUT2D eigenvalue weighted by atomic mass is 16.6. The minimum atomic E-state index is -0.462. The van der Waals surface area contributed by atoms with E-state index in [9.17, 15) is 14.9 Å². The zero-order valence-corrected chi connectivity index (χ0v) is 17.4. The van der Waals surface area contributed by atoms with Gasteiger partial charge in [0, 0.05) is 23.3 Å². The van der Waals surface area contributed by atoms with Gasteiger partial charge in [0.15, 0.2) is 6.61 Å². The molecule has 8 nitrogen and oxygen atoms in total. The lowest BCUT2D eigenvalue weighted by Crippen LogP contribution is -2.24. The number of carbonyl (C=O) groups excluding carboxylic acids is 1. The van der Waals surface area contributed by atoms with Gasteiger partial charge in [0.2, 0.25) is 0 Å². The average molecular weight is 441 g/mol. The number of nitro benzene ring substituents is 1. The van der Waals surface area contributed by atoms with Gasteiger partial charge in [-0.3, -0.25) is 14.9 Å². The monoisotopic (exact) mass is 441 g/mol. The molecule has 0 radical (unpaired) electrons. The van der Waals surface area contributed by atoms with Crippen molar-refractivity contribution in [2.45, 2.75) is 0 Å². The van der Waals surface area contributed by atoms with Crippen molar-refractivity contribution in [1.82, 2.24) is 5.43 Å². The number of nitrogens with zero attached hydrogens (tertiary/aromatic N) is 2. The van der Waals surface area contributed by atoms with E-state index in [4.69, 9.17) is 9.15 Å². The van der Waals surface area contributed by atoms with Gasteiger partial charge in [0.05, 0.1) is 11.1 Å². The van der Waals surface area contributed by atoms with E-state index in [2.05, 4.69) is 10.5 Å². The van der Waals surface area contributed by atoms with E-state index in [0.29, 0.717) is 22.8 Å². The third-order valence-corrected chi connectivity index (χ3v) is 4.70. The molecule has 164 valence electrons. The molecule has 4 rings (SSSR count). The predicted molar refractivity (Wildman–Crippen MR) is 124 cm³/mol. The number of nitro groups is 1. The van der Waals surface area contributed by atoms with Crippen LogP contribution in [0.3, 0.4) is 0 Å². The SMILES string of the molecule is O=C(COc1ccccc1-c1ccccc1)N/N=C\c1ccc(-c2ccc([N+](=O)[O-])cc2)o1. The van der Waals surface area contributed by atoms with Gasteiger partial charge < -0.3 is 9.15 Å². The summed E-state index contributed by atoms with van der Waals surface area (Å²) in [7, 11) is 0. The Balaban J connectivity index is 1.32. The zero-order valence-electron chi connectivity index (χ0n) is 17.4. The second-order valence-electron chi connectivity index (χ2n) is 6.95. The summed E-state index contributed by atoms with van der Waals surface area (Å²) in [6.45, 7) is -0.201. The predicted octanol–water partition coefficient (Wildman–Crippen LogP) is 5.05. The van der Waals surface area contributed by atoms with Crippen molar-refractivity contribution in [2.75, 3.05) is 6.61 Å². The second-order valence-corrected chi connectivity index (χ2v) is 6.95. The molecule has 1 aromatic heterocycles. The number of hydrogen-bond acceptors (Lipinski definition) is 6. The van der Waals surface area contributed by atoms with Crippen LogP contribution in [0.4, 0.5) is 5.69 Å². The number of furan rings is 1. The summed E-state index contributed by atoms with van der Waals surface area (Å²) in [5.74, 6) is 1.12. The Morgan fingerprint density at radius 2 is 1.67 bits per heavy atom. The van der Waals surface area contributed by atoms with Crippen molar-refractivity contribution >= 4 is 17.8 Å². The number of hydrogen-bond donors (Lipinski definition) is 1. The van der Waals surface area contributed by atoms with Crippen LogP contribution >= 0.6 is 0 Å². The summed E-state index contributed by atoms with van der Waals surface area (Å²) in [5, 5.41) is 14.6. The fourth-order valence-corrected chi connectivity index (χ4v) is 3.12. The van der Waals surface area contributed by atoms with Crippen LogP contribution in [0.15, 0.2) is 101 Å². The quantitative estimate of drug-likeness (QED) is 0.234. The number of para-hydroxylation sites is 1. The third kappa shape index (κ3) is 5.50. The molecule has 0 fully saturated rings. The number of ether oxygens (including phenoxy) is 1.